The first-order valence-electron chi connectivity index (χ1n) is 42.5. The van der Waals surface area contributed by atoms with Gasteiger partial charge in [0.05, 0.1) is 5.52 Å². The number of hydrogen-bond donors (Lipinski definition) is 0. The van der Waals surface area contributed by atoms with Gasteiger partial charge in [-0.2, -0.15) is 0 Å². The van der Waals surface area contributed by atoms with Gasteiger partial charge in [0, 0.05) is 23.0 Å². The smallest absolute Gasteiger partial charge is 0.871 e. The van der Waals surface area contributed by atoms with Crippen molar-refractivity contribution in [1.29, 1.82) is 1.34 Å². The van der Waals surface area contributed by atoms with E-state index < -0.39 is 26.5 Å². The molecule has 5 radical (unpaired) electrons. The third-order valence-electron chi connectivity index (χ3n) is 24.3. The van der Waals surface area contributed by atoms with Gasteiger partial charge < -0.3 is 12.5 Å². The van der Waals surface area contributed by atoms with Crippen LogP contribution in [0.5, 0.6) is 5.75 Å². The summed E-state index contributed by atoms with van der Waals surface area (Å²) in [4.78, 5) is 8.84. The number of pyridine rings is 1. The Morgan fingerprint density at radius 3 is 0.984 bits per heavy atom. The fourth-order valence-electron chi connectivity index (χ4n) is 18.3. The van der Waals surface area contributed by atoms with E-state index in [1.54, 1.807) is 12.3 Å². The van der Waals surface area contributed by atoms with Gasteiger partial charge in [-0.1, -0.05) is 242 Å². The molecule has 0 spiro atoms. The minimum atomic E-state index is -1.97. The first kappa shape index (κ1) is 86.9. The topological polar surface area (TPSA) is 42.4 Å². The second-order valence-electron chi connectivity index (χ2n) is 33.8. The van der Waals surface area contributed by atoms with E-state index in [0.717, 1.165) is 16.8 Å². The summed E-state index contributed by atoms with van der Waals surface area (Å²) >= 11 is -3.93. The minimum Gasteiger partial charge on any atom is -0.871 e. The van der Waals surface area contributed by atoms with E-state index in [1.807, 2.05) is 18.2 Å². The van der Waals surface area contributed by atoms with Crippen molar-refractivity contribution in [3.05, 3.63) is 432 Å². The van der Waals surface area contributed by atoms with E-state index in [0.29, 0.717) is 5.52 Å². The average molecular weight is 1730 g/mol. The Morgan fingerprint density at radius 2 is 0.556 bits per heavy atom. The van der Waals surface area contributed by atoms with E-state index in [4.69, 9.17) is 1.34 Å². The van der Waals surface area contributed by atoms with Gasteiger partial charge in [0.25, 0.3) is 0 Å². The van der Waals surface area contributed by atoms with Gasteiger partial charge in [0.1, 0.15) is 0 Å². The molecule has 0 N–H and O–H groups in total. The van der Waals surface area contributed by atoms with E-state index in [2.05, 4.69) is 446 Å². The van der Waals surface area contributed by atoms with Crippen molar-refractivity contribution in [3.8, 4) is 61.4 Å². The van der Waals surface area contributed by atoms with Gasteiger partial charge in [-0.05, 0) is 151 Å². The number of nitrogens with zero attached hydrogens (tertiary/aromatic N) is 3. The van der Waals surface area contributed by atoms with Crippen LogP contribution >= 0.6 is 0 Å². The molecule has 10 heteroatoms. The molecule has 0 bridgehead atoms. The zero-order chi connectivity index (χ0) is 83.9. The molecular formula is C116H92B2Ge2Li2N3O. The summed E-state index contributed by atoms with van der Waals surface area (Å²) in [5.41, 5.74) is 20.0. The van der Waals surface area contributed by atoms with Crippen molar-refractivity contribution in [2.45, 2.75) is 34.5 Å². The van der Waals surface area contributed by atoms with Crippen LogP contribution in [-0.4, -0.2) is 49.6 Å². The van der Waals surface area contributed by atoms with Crippen molar-refractivity contribution in [1.82, 2.24) is 4.98 Å². The summed E-state index contributed by atoms with van der Waals surface area (Å²) in [5.74, 6) is 14.7. The predicted molar refractivity (Wildman–Crippen MR) is 545 cm³/mol. The van der Waals surface area contributed by atoms with E-state index in [1.165, 1.54) is 190 Å². The molecule has 4 nitrogen and oxygen atoms in total. The standard InChI is InChI=1S/C60H38.C46H44Ge2N2.C9H7NO.CH3.BH.B.2Li/c1-2-14-39(15-3-1)42-26-30-43(31-27-42)57-49-20-8-10-22-51(49)59(52-23-11-9-21-50(52)57)48-34-35-55-56(38-48)60(47-33-29-41-17-5-7-19-45(41)37-47)54-25-13-12-24-53(54)58(55)46-32-28-40-16-4-6-18-44(40)36-46;1-47(2,3)35-21-25-39(26-22-35)49(37-13-9-7-10-14-37)43-31-19-33-18-30-42-44(32-20-34-17-29-41(43)45(33)46(34)42)50(38-15-11-8-12-16-38)40-27-23-36(24-28-40)48(4,5)6;11-8-5-1-3-7-4-2-6-10-9(7)8;;;;;/h1-38H;7-32H,1-6H3;1-6,11H;1H3;1H;;;/q;;;-1;;;2*+1/p-1/i;;;;1D;;;. The van der Waals surface area contributed by atoms with Crippen molar-refractivity contribution in [2.75, 3.05) is 9.80 Å². The fourth-order valence-corrected chi connectivity index (χ4v) is 23.2. The molecule has 1 heterocycles. The average Bonchev–Trinajstić information content (AvgIpc) is 0.723. The van der Waals surface area contributed by atoms with Crippen LogP contribution in [0.25, 0.3) is 163 Å². The number of hydrogen-bond acceptors (Lipinski definition) is 4. The Kier molecular flexibility index (Phi) is 25.7. The first-order valence-corrected chi connectivity index (χ1v) is 56.6. The molecule has 0 unspecified atom stereocenters. The first-order chi connectivity index (χ1) is 60.2. The van der Waals surface area contributed by atoms with Crippen LogP contribution in [0, 0.1) is 7.43 Å². The quantitative estimate of drug-likeness (QED) is 0.0499. The van der Waals surface area contributed by atoms with Crippen molar-refractivity contribution in [3.63, 3.8) is 0 Å². The summed E-state index contributed by atoms with van der Waals surface area (Å²) in [6, 6.07) is 153. The molecule has 0 atom stereocenters. The van der Waals surface area contributed by atoms with Crippen LogP contribution in [0.15, 0.2) is 425 Å². The molecule has 22 aromatic rings. The van der Waals surface area contributed by atoms with Crippen LogP contribution in [0.4, 0.5) is 34.1 Å². The molecule has 593 valence electrons. The zero-order valence-corrected chi connectivity index (χ0v) is 77.0. The maximum absolute atomic E-state index is 11.1. The number of rotatable bonds is 13. The SMILES string of the molecule is [2H][B].[B].[CH3-].[CH3][Ge]([CH3])([CH3])[c]1ccc(N(c2ccccc2)c2ccc3ccc4c(N(c5ccccc5)c5cc[c]([Ge]([CH3])([CH3])[CH3])cc5)ccc5ccc2c3c54)cc1.[Li+].[Li+].[O-]c1cccc2cccnc12.c1ccc(-c2ccc(-c3c4ccccc4c(-c4ccc5c(-c6ccc7ccccc7c6)c6ccccc6c(-c6ccc7ccccc7c6)c5c4)c4ccccc34)cc2)cc1. The Morgan fingerprint density at radius 1 is 0.254 bits per heavy atom. The number of anilines is 6. The summed E-state index contributed by atoms with van der Waals surface area (Å²) in [6.07, 6.45) is 1.63. The van der Waals surface area contributed by atoms with Crippen LogP contribution in [0.2, 0.25) is 34.5 Å². The van der Waals surface area contributed by atoms with E-state index in [-0.39, 0.29) is 59.3 Å². The van der Waals surface area contributed by atoms with Gasteiger partial charge in [-0.15, -0.1) is 0 Å². The van der Waals surface area contributed by atoms with Crippen LogP contribution < -0.4 is 61.4 Å². The van der Waals surface area contributed by atoms with Gasteiger partial charge in [-0.25, -0.2) is 0 Å². The molecule has 126 heavy (non-hydrogen) atoms. The van der Waals surface area contributed by atoms with Gasteiger partial charge in [0.2, 0.25) is 0 Å². The second kappa shape index (κ2) is 37.3. The molecule has 21 aromatic carbocycles. The summed E-state index contributed by atoms with van der Waals surface area (Å²) in [6.45, 7) is 0. The summed E-state index contributed by atoms with van der Waals surface area (Å²) in [5, 5.41) is 34.7. The maximum atomic E-state index is 11.1. The van der Waals surface area contributed by atoms with Crippen LogP contribution in [-0.2, 0) is 0 Å². The van der Waals surface area contributed by atoms with Crippen LogP contribution in [0.1, 0.15) is 0 Å². The molecule has 0 aliphatic heterocycles. The van der Waals surface area contributed by atoms with Gasteiger partial charge in [-0.3, -0.25) is 4.98 Å². The molecule has 0 saturated carbocycles. The third kappa shape index (κ3) is 16.8. The number of aromatic nitrogens is 1. The zero-order valence-electron chi connectivity index (χ0n) is 73.8. The molecule has 0 aliphatic rings. The number of fused-ring (bicyclic) bond motifs is 7. The maximum Gasteiger partial charge on any atom is 1.00 e. The summed E-state index contributed by atoms with van der Waals surface area (Å²) in [7, 11) is 3.75. The Hall–Kier alpha value is -12.6. The minimum absolute atomic E-state index is 0. The molecule has 1 aromatic heterocycles. The fraction of sp³-hybridized carbons (Fsp3) is 0.0517. The molecular weight excluding hydrogens is 1630 g/mol. The molecule has 0 amide bonds. The van der Waals surface area contributed by atoms with Crippen molar-refractivity contribution < 1.29 is 42.8 Å². The Labute approximate surface area is 774 Å². The third-order valence-corrected chi connectivity index (χ3v) is 33.0. The Bertz CT molecular complexity index is 7450. The predicted octanol–water partition coefficient (Wildman–Crippen LogP) is 24.3. The molecule has 0 aliphatic carbocycles. The van der Waals surface area contributed by atoms with Crippen molar-refractivity contribution >= 4 is 194 Å². The number of benzene rings is 21. The summed E-state index contributed by atoms with van der Waals surface area (Å²) < 4.78 is 8.28. The largest absolute Gasteiger partial charge is 1.00 e. The number of para-hydroxylation sites is 3. The van der Waals surface area contributed by atoms with E-state index >= 15 is 0 Å². The van der Waals surface area contributed by atoms with Gasteiger partial charge in [0.15, 0.2) is 0 Å². The molecule has 0 saturated heterocycles. The van der Waals surface area contributed by atoms with E-state index in [9.17, 15) is 5.11 Å². The van der Waals surface area contributed by atoms with Crippen LogP contribution in [0.3, 0.4) is 0 Å². The molecule has 22 rings (SSSR count). The second-order valence-corrected chi connectivity index (χ2v) is 55.1. The normalized spacial score (nSPS) is 11.3. The van der Waals surface area contributed by atoms with Gasteiger partial charge >= 0.3 is 342 Å². The monoisotopic (exact) mass is 1730 g/mol. The molecule has 0 fully saturated rings. The van der Waals surface area contributed by atoms with Crippen molar-refractivity contribution in [2.24, 2.45) is 0 Å². The Balaban J connectivity index is 0.000000168.